The second kappa shape index (κ2) is 8.75. The van der Waals surface area contributed by atoms with Crippen LogP contribution < -0.4 is 15.9 Å². The molecule has 0 saturated carbocycles. The first-order valence-corrected chi connectivity index (χ1v) is 10.3. The molecule has 0 aliphatic carbocycles. The van der Waals surface area contributed by atoms with Gasteiger partial charge >= 0.3 is 0 Å². The maximum absolute atomic E-state index is 13.1. The van der Waals surface area contributed by atoms with E-state index in [0.717, 1.165) is 0 Å². The van der Waals surface area contributed by atoms with Crippen molar-refractivity contribution in [3.63, 3.8) is 0 Å². The number of nitrogens with one attached hydrogen (secondary N) is 1. The molecule has 0 aliphatic rings. The number of hydrogen-bond acceptors (Lipinski definition) is 6. The molecule has 0 amide bonds. The number of aliphatic imine (C=N–C) groups is 1. The number of methoxy groups -OCH3 is 1. The summed E-state index contributed by atoms with van der Waals surface area (Å²) in [6.07, 6.45) is 1.17. The van der Waals surface area contributed by atoms with Crippen LogP contribution in [-0.2, 0) is 7.05 Å². The number of aromatic hydroxyl groups is 1. The van der Waals surface area contributed by atoms with E-state index in [1.807, 2.05) is 30.3 Å². The Bertz CT molecular complexity index is 1540. The van der Waals surface area contributed by atoms with Gasteiger partial charge in [-0.1, -0.05) is 24.3 Å². The molecule has 2 N–H and O–H groups in total. The van der Waals surface area contributed by atoms with E-state index < -0.39 is 11.4 Å². The second-order valence-corrected chi connectivity index (χ2v) is 7.59. The Morgan fingerprint density at radius 1 is 1.09 bits per heavy atom. The van der Waals surface area contributed by atoms with Crippen molar-refractivity contribution in [3.05, 3.63) is 91.3 Å². The maximum atomic E-state index is 13.1. The topological polar surface area (TPSA) is 107 Å². The van der Waals surface area contributed by atoms with Crippen molar-refractivity contribution >= 4 is 24.1 Å². The molecule has 2 aromatic heterocycles. The van der Waals surface area contributed by atoms with Gasteiger partial charge in [-0.15, -0.1) is 0 Å². The lowest BCUT2D eigenvalue weighted by molar-refractivity contribution is 0.413. The predicted octanol–water partition coefficient (Wildman–Crippen LogP) is 3.16. The number of aromatic nitrogens is 4. The van der Waals surface area contributed by atoms with E-state index in [1.54, 1.807) is 42.9 Å². The van der Waals surface area contributed by atoms with Gasteiger partial charge in [0, 0.05) is 19.3 Å². The fraction of sp³-hybridized carbons (Fsp3) is 0.130. The second-order valence-electron chi connectivity index (χ2n) is 7.20. The first-order valence-electron chi connectivity index (χ1n) is 9.94. The molecule has 0 fully saturated rings. The molecule has 9 nitrogen and oxygen atoms in total. The van der Waals surface area contributed by atoms with Crippen LogP contribution in [0.3, 0.4) is 0 Å². The van der Waals surface area contributed by atoms with Gasteiger partial charge in [0.05, 0.1) is 24.2 Å². The van der Waals surface area contributed by atoms with Crippen molar-refractivity contribution in [1.82, 2.24) is 18.9 Å². The van der Waals surface area contributed by atoms with Crippen LogP contribution in [-0.4, -0.2) is 37.3 Å². The van der Waals surface area contributed by atoms with E-state index in [4.69, 9.17) is 17.0 Å². The first kappa shape index (κ1) is 22.0. The lowest BCUT2D eigenvalue weighted by Gasteiger charge is -2.12. The standard InChI is InChI=1S/C23H21N5O4S/c1-14-19(22(31)28(26(14)2)15-8-5-4-6-9-15)24-13-18-20(29)25-23(33)27(21(18)30)16-10-7-11-17(12-16)32-3/h4-13,30H,1-3H3,(H,25,29,33). The van der Waals surface area contributed by atoms with E-state index in [9.17, 15) is 14.7 Å². The molecule has 0 aliphatic heterocycles. The highest BCUT2D eigenvalue weighted by Crippen LogP contribution is 2.23. The molecule has 2 aromatic carbocycles. The molecule has 0 radical (unpaired) electrons. The number of H-pyrrole nitrogens is 1. The third kappa shape index (κ3) is 3.92. The summed E-state index contributed by atoms with van der Waals surface area (Å²) in [5.74, 6) is 0.148. The third-order valence-corrected chi connectivity index (χ3v) is 5.56. The molecule has 0 atom stereocenters. The number of benzene rings is 2. The van der Waals surface area contributed by atoms with Gasteiger partial charge in [0.2, 0.25) is 5.88 Å². The normalized spacial score (nSPS) is 11.2. The maximum Gasteiger partial charge on any atom is 0.297 e. The Labute approximate surface area is 193 Å². The summed E-state index contributed by atoms with van der Waals surface area (Å²) < 4.78 is 9.68. The third-order valence-electron chi connectivity index (χ3n) is 5.28. The van der Waals surface area contributed by atoms with Crippen LogP contribution in [0.15, 0.2) is 69.2 Å². The molecular formula is C23H21N5O4S. The molecule has 4 rings (SSSR count). The number of aromatic amines is 1. The van der Waals surface area contributed by atoms with Crippen molar-refractivity contribution in [2.75, 3.05) is 7.11 Å². The van der Waals surface area contributed by atoms with Gasteiger partial charge in [-0.2, -0.15) is 0 Å². The molecule has 0 bridgehead atoms. The van der Waals surface area contributed by atoms with Crippen molar-refractivity contribution in [3.8, 4) is 23.0 Å². The molecule has 4 aromatic rings. The lowest BCUT2D eigenvalue weighted by atomic mass is 10.2. The first-order chi connectivity index (χ1) is 15.8. The molecule has 0 unspecified atom stereocenters. The summed E-state index contributed by atoms with van der Waals surface area (Å²) in [6.45, 7) is 1.75. The highest BCUT2D eigenvalue weighted by molar-refractivity contribution is 7.71. The van der Waals surface area contributed by atoms with Gasteiger partial charge in [-0.25, -0.2) is 9.67 Å². The SMILES string of the molecule is COc1cccc(-n2c(O)c(C=Nc3c(C)n(C)n(-c4ccccc4)c3=O)c(=O)[nH]c2=S)c1. The van der Waals surface area contributed by atoms with Crippen molar-refractivity contribution < 1.29 is 9.84 Å². The Morgan fingerprint density at radius 2 is 1.79 bits per heavy atom. The van der Waals surface area contributed by atoms with E-state index in [2.05, 4.69) is 9.98 Å². The van der Waals surface area contributed by atoms with Crippen molar-refractivity contribution in [2.24, 2.45) is 12.0 Å². The Balaban J connectivity index is 1.84. The molecule has 0 saturated heterocycles. The Kier molecular flexibility index (Phi) is 5.84. The Morgan fingerprint density at radius 3 is 2.48 bits per heavy atom. The minimum Gasteiger partial charge on any atom is -0.497 e. The zero-order valence-corrected chi connectivity index (χ0v) is 19.0. The molecule has 2 heterocycles. The van der Waals surface area contributed by atoms with Gasteiger partial charge in [-0.3, -0.25) is 23.8 Å². The van der Waals surface area contributed by atoms with E-state index >= 15 is 0 Å². The van der Waals surface area contributed by atoms with Crippen molar-refractivity contribution in [1.29, 1.82) is 0 Å². The van der Waals surface area contributed by atoms with Gasteiger partial charge in [0.1, 0.15) is 11.3 Å². The van der Waals surface area contributed by atoms with Crippen molar-refractivity contribution in [2.45, 2.75) is 6.92 Å². The van der Waals surface area contributed by atoms with E-state index in [0.29, 0.717) is 22.8 Å². The number of ether oxygens (including phenoxy) is 1. The molecule has 0 spiro atoms. The van der Waals surface area contributed by atoms with E-state index in [1.165, 1.54) is 22.6 Å². The van der Waals surface area contributed by atoms with Crippen LogP contribution in [0.5, 0.6) is 11.6 Å². The highest BCUT2D eigenvalue weighted by atomic mass is 32.1. The molecule has 33 heavy (non-hydrogen) atoms. The minimum atomic E-state index is -0.627. The van der Waals surface area contributed by atoms with Crippen LogP contribution >= 0.6 is 12.2 Å². The monoisotopic (exact) mass is 463 g/mol. The summed E-state index contributed by atoms with van der Waals surface area (Å²) in [4.78, 5) is 32.4. The lowest BCUT2D eigenvalue weighted by Crippen LogP contribution is -2.19. The van der Waals surface area contributed by atoms with E-state index in [-0.39, 0.29) is 21.6 Å². The quantitative estimate of drug-likeness (QED) is 0.349. The highest BCUT2D eigenvalue weighted by Gasteiger charge is 2.17. The Hall–Kier alpha value is -4.18. The zero-order valence-electron chi connectivity index (χ0n) is 18.1. The van der Waals surface area contributed by atoms with Gasteiger partial charge in [0.25, 0.3) is 11.1 Å². The molecular weight excluding hydrogens is 442 g/mol. The largest absolute Gasteiger partial charge is 0.497 e. The molecule has 10 heteroatoms. The minimum absolute atomic E-state index is 0.00484. The number of para-hydroxylation sites is 1. The zero-order chi connectivity index (χ0) is 23.7. The number of rotatable bonds is 5. The van der Waals surface area contributed by atoms with Crippen LogP contribution in [0.4, 0.5) is 5.69 Å². The summed E-state index contributed by atoms with van der Waals surface area (Å²) >= 11 is 5.25. The van der Waals surface area contributed by atoms with Crippen LogP contribution in [0, 0.1) is 11.7 Å². The fourth-order valence-electron chi connectivity index (χ4n) is 3.48. The summed E-state index contributed by atoms with van der Waals surface area (Å²) in [5.41, 5.74) is 0.797. The molecule has 168 valence electrons. The fourth-order valence-corrected chi connectivity index (χ4v) is 3.76. The van der Waals surface area contributed by atoms with Crippen LogP contribution in [0.2, 0.25) is 0 Å². The van der Waals surface area contributed by atoms with Crippen LogP contribution in [0.1, 0.15) is 11.3 Å². The summed E-state index contributed by atoms with van der Waals surface area (Å²) in [6, 6.07) is 16.0. The van der Waals surface area contributed by atoms with Gasteiger partial charge in [-0.05, 0) is 43.4 Å². The summed E-state index contributed by atoms with van der Waals surface area (Å²) in [5, 5.41) is 10.9. The van der Waals surface area contributed by atoms with Gasteiger partial charge < -0.3 is 9.84 Å². The van der Waals surface area contributed by atoms with Gasteiger partial charge in [0.15, 0.2) is 10.5 Å². The average Bonchev–Trinajstić information content (AvgIpc) is 3.02. The number of hydrogen-bond donors (Lipinski definition) is 2. The van der Waals surface area contributed by atoms with Crippen LogP contribution in [0.25, 0.3) is 11.4 Å². The predicted molar refractivity (Wildman–Crippen MR) is 128 cm³/mol. The average molecular weight is 464 g/mol. The number of nitrogens with zero attached hydrogens (tertiary/aromatic N) is 4. The smallest absolute Gasteiger partial charge is 0.297 e. The summed E-state index contributed by atoms with van der Waals surface area (Å²) in [7, 11) is 3.27.